The van der Waals surface area contributed by atoms with Gasteiger partial charge in [-0.3, -0.25) is 35.0 Å². The highest BCUT2D eigenvalue weighted by Gasteiger charge is 2.36. The van der Waals surface area contributed by atoms with Crippen molar-refractivity contribution in [3.05, 3.63) is 115 Å². The number of halogens is 3. The number of imidazole rings is 2. The first-order valence-corrected chi connectivity index (χ1v) is 21.6. The zero-order chi connectivity index (χ0) is 44.3. The second-order valence-corrected chi connectivity index (χ2v) is 16.9. The summed E-state index contributed by atoms with van der Waals surface area (Å²) in [7, 11) is 3.66. The summed E-state index contributed by atoms with van der Waals surface area (Å²) in [4.78, 5) is 40.6. The van der Waals surface area contributed by atoms with E-state index < -0.39 is 0 Å². The molecule has 11 heterocycles. The van der Waals surface area contributed by atoms with E-state index in [0.29, 0.717) is 64.2 Å². The molecule has 6 N–H and O–H groups in total. The molecule has 2 aromatic carbocycles. The summed E-state index contributed by atoms with van der Waals surface area (Å²) in [6.45, 7) is 7.05. The smallest absolute Gasteiger partial charge is 0.339 e. The number of ketones is 1. The van der Waals surface area contributed by atoms with Gasteiger partial charge in [0, 0.05) is 75.2 Å². The number of anilines is 1. The summed E-state index contributed by atoms with van der Waals surface area (Å²) >= 11 is 0. The molecule has 65 heavy (non-hydrogen) atoms. The predicted molar refractivity (Wildman–Crippen MR) is 238 cm³/mol. The molecule has 6 aliphatic rings. The molecule has 340 valence electrons. The summed E-state index contributed by atoms with van der Waals surface area (Å²) in [6.07, 6.45) is 16.4. The Kier molecular flexibility index (Phi) is 13.6. The van der Waals surface area contributed by atoms with Gasteiger partial charge >= 0.3 is 17.6 Å². The molecule has 0 radical (unpaired) electrons. The van der Waals surface area contributed by atoms with Crippen LogP contribution in [0.3, 0.4) is 0 Å². The Labute approximate surface area is 380 Å². The van der Waals surface area contributed by atoms with Crippen molar-refractivity contribution in [3.63, 3.8) is 0 Å². The lowest BCUT2D eigenvalue weighted by Gasteiger charge is -2.44. The van der Waals surface area contributed by atoms with Gasteiger partial charge in [-0.1, -0.05) is 0 Å². The molecule has 0 amide bonds. The first kappa shape index (κ1) is 45.0. The van der Waals surface area contributed by atoms with Gasteiger partial charge in [-0.25, -0.2) is 18.7 Å². The number of hydrogen-bond acceptors (Lipinski definition) is 11. The minimum absolute atomic E-state index is 0. The highest BCUT2D eigenvalue weighted by Crippen LogP contribution is 2.34. The van der Waals surface area contributed by atoms with Crippen LogP contribution in [0.2, 0.25) is 0 Å². The van der Waals surface area contributed by atoms with E-state index in [2.05, 4.69) is 35.1 Å². The standard InChI is InChI=1S/C22H21FN6O.C16H14FN3O2.C8H16N4.ClH/c23-16-3-1-15(2-4-16)19-20(29-11-12-30-22(29)27-19)17-5-8-24-21(25-17)26-18-13-28-9-6-14(18)7-10-28;1-19(2)8-7-13(21)15-14(11-3-5-12(17)6-4-11)18-16-20(15)9-10-22-16;9-8(10)11-7-5-12-3-1-6(7)2-4-12;/h1-5,8,11-12,14,18H,6-7,9-10,13H2,(H,24,25,26);3-10H,1-2H3;6-7H,1-5H2,(H4,9,10,11);1H/t;;7-;/m..0./s1. The number of nitrogens with one attached hydrogen (secondary N) is 2. The Morgan fingerprint density at radius 2 is 1.35 bits per heavy atom. The summed E-state index contributed by atoms with van der Waals surface area (Å²) in [5.74, 6) is 2.41. The van der Waals surface area contributed by atoms with Crippen molar-refractivity contribution >= 4 is 29.4 Å². The van der Waals surface area contributed by atoms with Crippen LogP contribution in [0.15, 0.2) is 107 Å². The fraction of sp³-hybridized carbons (Fsp3) is 0.348. The molecular formula is C46H52ClF2N13O3. The van der Waals surface area contributed by atoms with Crippen LogP contribution in [-0.2, 0) is 0 Å². The largest absolute Gasteiger partial charge is 1.00 e. The van der Waals surface area contributed by atoms with E-state index in [1.807, 2.05) is 30.8 Å². The lowest BCUT2D eigenvalue weighted by atomic mass is 9.84. The molecule has 2 atom stereocenters. The van der Waals surface area contributed by atoms with Crippen molar-refractivity contribution in [2.24, 2.45) is 23.3 Å². The van der Waals surface area contributed by atoms with Gasteiger partial charge in [-0.15, -0.1) is 0 Å². The minimum atomic E-state index is -0.341. The normalized spacial score (nSPS) is 21.8. The molecule has 4 bridgehead atoms. The van der Waals surface area contributed by atoms with E-state index in [9.17, 15) is 13.6 Å². The highest BCUT2D eigenvalue weighted by molar-refractivity contribution is 6.07. The van der Waals surface area contributed by atoms with Gasteiger partial charge in [-0.2, -0.15) is 9.97 Å². The molecule has 16 nitrogen and oxygen atoms in total. The molecule has 19 heteroatoms. The van der Waals surface area contributed by atoms with E-state index in [-0.39, 0.29) is 29.8 Å². The van der Waals surface area contributed by atoms with Crippen molar-refractivity contribution < 1.29 is 39.8 Å². The first-order valence-electron chi connectivity index (χ1n) is 21.6. The van der Waals surface area contributed by atoms with Crippen LogP contribution in [0.25, 0.3) is 45.6 Å². The number of nitrogens with two attached hydrogens (primary N) is 2. The minimum Gasteiger partial charge on any atom is -1.00 e. The average Bonchev–Trinajstić information content (AvgIpc) is 4.10. The van der Waals surface area contributed by atoms with E-state index in [1.165, 1.54) is 88.5 Å². The van der Waals surface area contributed by atoms with Crippen LogP contribution < -0.4 is 34.2 Å². The molecule has 6 saturated heterocycles. The Hall–Kier alpha value is -6.63. The van der Waals surface area contributed by atoms with Gasteiger partial charge in [0.05, 0.1) is 11.7 Å². The lowest BCUT2D eigenvalue weighted by molar-refractivity contribution is -0.524. The maximum absolute atomic E-state index is 13.4. The number of benzene rings is 2. The van der Waals surface area contributed by atoms with E-state index in [0.717, 1.165) is 36.0 Å². The fourth-order valence-corrected chi connectivity index (χ4v) is 9.16. The van der Waals surface area contributed by atoms with Crippen LogP contribution in [0.5, 0.6) is 0 Å². The van der Waals surface area contributed by atoms with Crippen molar-refractivity contribution in [3.8, 4) is 33.9 Å². The maximum atomic E-state index is 13.4. The third kappa shape index (κ3) is 10.0. The van der Waals surface area contributed by atoms with Crippen LogP contribution in [0, 0.1) is 23.5 Å². The van der Waals surface area contributed by atoms with Crippen molar-refractivity contribution in [2.75, 3.05) is 58.7 Å². The number of rotatable bonds is 9. The second kappa shape index (κ2) is 19.6. The number of nitrogens with zero attached hydrogens (tertiary/aromatic N) is 9. The molecule has 7 aromatic rings. The first-order chi connectivity index (χ1) is 31.1. The maximum Gasteiger partial charge on any atom is 0.339 e. The molecule has 13 rings (SSSR count). The molecule has 6 fully saturated rings. The van der Waals surface area contributed by atoms with Crippen molar-refractivity contribution in [1.29, 1.82) is 0 Å². The summed E-state index contributed by atoms with van der Waals surface area (Å²) in [5.41, 5.74) is 15.4. The Morgan fingerprint density at radius 1 is 0.785 bits per heavy atom. The summed E-state index contributed by atoms with van der Waals surface area (Å²) in [5, 5.41) is 3.56. The number of oxazole rings is 2. The molecule has 0 aliphatic carbocycles. The average molecular weight is 908 g/mol. The fourth-order valence-electron chi connectivity index (χ4n) is 9.16. The Morgan fingerprint density at radius 3 is 1.92 bits per heavy atom. The lowest BCUT2D eigenvalue weighted by Crippen LogP contribution is -3.00. The van der Waals surface area contributed by atoms with Gasteiger partial charge in [0.15, 0.2) is 0 Å². The van der Waals surface area contributed by atoms with Gasteiger partial charge in [0.2, 0.25) is 11.7 Å². The molecule has 6 aliphatic heterocycles. The molecule has 1 unspecified atom stereocenters. The van der Waals surface area contributed by atoms with Crippen LogP contribution >= 0.6 is 0 Å². The number of guanidine groups is 1. The third-order valence-electron chi connectivity index (χ3n) is 12.4. The second-order valence-electron chi connectivity index (χ2n) is 16.9. The summed E-state index contributed by atoms with van der Waals surface area (Å²) in [6, 6.07) is 14.9. The number of allylic oxidation sites excluding steroid dienone is 1. The predicted octanol–water partition coefficient (Wildman–Crippen LogP) is 1.13. The number of piperidine rings is 6. The van der Waals surface area contributed by atoms with Gasteiger partial charge < -0.3 is 36.4 Å². The van der Waals surface area contributed by atoms with Crippen molar-refractivity contribution in [1.82, 2.24) is 43.4 Å². The third-order valence-corrected chi connectivity index (χ3v) is 12.4. The monoisotopic (exact) mass is 907 g/mol. The van der Waals surface area contributed by atoms with Gasteiger partial charge in [0.1, 0.15) is 46.9 Å². The quantitative estimate of drug-likeness (QED) is 0.0699. The summed E-state index contributed by atoms with van der Waals surface area (Å²) < 4.78 is 40.7. The zero-order valence-corrected chi connectivity index (χ0v) is 36.9. The topological polar surface area (TPSA) is 191 Å². The van der Waals surface area contributed by atoms with Crippen LogP contribution in [0.4, 0.5) is 14.7 Å². The van der Waals surface area contributed by atoms with Gasteiger partial charge in [-0.05, 0) is 118 Å². The molecular weight excluding hydrogens is 856 g/mol. The van der Waals surface area contributed by atoms with E-state index in [1.54, 1.807) is 58.4 Å². The molecule has 0 spiro atoms. The Balaban J connectivity index is 0.000000144. The SMILES string of the molecule is CN(C)C=CC(=O)c1c(-c2ccc(F)cc2)nc2occn12.Fc1ccc(-c2nc3occn3c2-c2ccnc(NC3CN4CCC3CC4)n2)cc1.NC(N)=[NH+][C@H]1CN2CCC1CC2.[Cl-]. The number of fused-ring (bicyclic) bond motifs is 8. The van der Waals surface area contributed by atoms with E-state index in [4.69, 9.17) is 25.3 Å². The Bertz CT molecular complexity index is 2760. The molecule has 0 saturated carbocycles. The number of carbonyl (C=O) groups excluding carboxylic acids is 1. The number of aromatic nitrogens is 6. The molecule has 5 aromatic heterocycles. The van der Waals surface area contributed by atoms with Crippen LogP contribution in [0.1, 0.15) is 36.2 Å². The zero-order valence-electron chi connectivity index (χ0n) is 36.2. The highest BCUT2D eigenvalue weighted by atomic mass is 35.5. The number of hydrogen-bond donors (Lipinski definition) is 4. The van der Waals surface area contributed by atoms with Gasteiger partial charge in [0.25, 0.3) is 0 Å². The van der Waals surface area contributed by atoms with Crippen molar-refractivity contribution in [2.45, 2.75) is 37.8 Å². The van der Waals surface area contributed by atoms with Crippen LogP contribution in [-0.4, -0.2) is 121 Å². The van der Waals surface area contributed by atoms with E-state index >= 15 is 0 Å². The number of carbonyl (C=O) groups is 1.